The van der Waals surface area contributed by atoms with Crippen molar-refractivity contribution in [3.05, 3.63) is 29.8 Å². The molecular weight excluding hydrogens is 238 g/mol. The molecule has 0 fully saturated rings. The number of terminal acetylenes is 1. The molecule has 0 saturated carbocycles. The van der Waals surface area contributed by atoms with Gasteiger partial charge in [-0.15, -0.1) is 6.42 Å². The van der Waals surface area contributed by atoms with Gasteiger partial charge in [0.1, 0.15) is 6.04 Å². The lowest BCUT2D eigenvalue weighted by molar-refractivity contribution is 0.280. The SMILES string of the molecule is C#CC(CO)NS(=O)(=O)c1ccccc1CC. The van der Waals surface area contributed by atoms with Gasteiger partial charge in [0, 0.05) is 0 Å². The zero-order valence-corrected chi connectivity index (χ0v) is 10.4. The molecule has 1 rings (SSSR count). The summed E-state index contributed by atoms with van der Waals surface area (Å²) in [7, 11) is -3.68. The molecule has 0 amide bonds. The maximum atomic E-state index is 12.0. The van der Waals surface area contributed by atoms with Gasteiger partial charge in [-0.05, 0) is 18.1 Å². The van der Waals surface area contributed by atoms with E-state index in [9.17, 15) is 8.42 Å². The molecule has 1 aromatic carbocycles. The normalized spacial score (nSPS) is 13.0. The number of sulfonamides is 1. The van der Waals surface area contributed by atoms with Gasteiger partial charge in [-0.3, -0.25) is 0 Å². The molecule has 4 nitrogen and oxygen atoms in total. The highest BCUT2D eigenvalue weighted by Gasteiger charge is 2.20. The minimum atomic E-state index is -3.68. The van der Waals surface area contributed by atoms with E-state index in [1.807, 2.05) is 6.92 Å². The highest BCUT2D eigenvalue weighted by atomic mass is 32.2. The van der Waals surface area contributed by atoms with E-state index < -0.39 is 22.7 Å². The summed E-state index contributed by atoms with van der Waals surface area (Å²) in [5.41, 5.74) is 0.716. The van der Waals surface area contributed by atoms with E-state index in [1.165, 1.54) is 6.07 Å². The van der Waals surface area contributed by atoms with Gasteiger partial charge in [0.05, 0.1) is 11.5 Å². The lowest BCUT2D eigenvalue weighted by Gasteiger charge is -2.13. The molecule has 1 unspecified atom stereocenters. The predicted octanol–water partition coefficient (Wildman–Crippen LogP) is 0.521. The van der Waals surface area contributed by atoms with E-state index in [-0.39, 0.29) is 4.90 Å². The molecule has 92 valence electrons. The molecule has 2 N–H and O–H groups in total. The number of rotatable bonds is 5. The van der Waals surface area contributed by atoms with Gasteiger partial charge in [-0.2, -0.15) is 4.72 Å². The zero-order valence-electron chi connectivity index (χ0n) is 9.55. The van der Waals surface area contributed by atoms with Crippen molar-refractivity contribution in [3.63, 3.8) is 0 Å². The fraction of sp³-hybridized carbons (Fsp3) is 0.333. The van der Waals surface area contributed by atoms with Crippen LogP contribution >= 0.6 is 0 Å². The second-order valence-electron chi connectivity index (χ2n) is 3.48. The van der Waals surface area contributed by atoms with Crippen LogP contribution < -0.4 is 4.72 Å². The minimum absolute atomic E-state index is 0.205. The van der Waals surface area contributed by atoms with E-state index in [4.69, 9.17) is 11.5 Å². The average molecular weight is 253 g/mol. The molecule has 0 aliphatic heterocycles. The standard InChI is InChI=1S/C12H15NO3S/c1-3-10-7-5-6-8-12(10)17(15,16)13-11(4-2)9-14/h2,5-8,11,13-14H,3,9H2,1H3. The molecule has 0 aliphatic rings. The number of hydrogen-bond donors (Lipinski definition) is 2. The lowest BCUT2D eigenvalue weighted by Crippen LogP contribution is -2.36. The first kappa shape index (κ1) is 13.7. The molecule has 17 heavy (non-hydrogen) atoms. The largest absolute Gasteiger partial charge is 0.394 e. The van der Waals surface area contributed by atoms with E-state index in [1.54, 1.807) is 18.2 Å². The van der Waals surface area contributed by atoms with Gasteiger partial charge in [0.2, 0.25) is 10.0 Å². The van der Waals surface area contributed by atoms with Crippen molar-refractivity contribution < 1.29 is 13.5 Å². The third-order valence-corrected chi connectivity index (χ3v) is 3.90. The van der Waals surface area contributed by atoms with Crippen molar-refractivity contribution in [2.45, 2.75) is 24.3 Å². The Bertz CT molecular complexity index is 517. The van der Waals surface area contributed by atoms with E-state index in [2.05, 4.69) is 10.6 Å². The third kappa shape index (κ3) is 3.30. The van der Waals surface area contributed by atoms with E-state index in [0.29, 0.717) is 12.0 Å². The first-order valence-corrected chi connectivity index (χ1v) is 6.70. The van der Waals surface area contributed by atoms with Crippen LogP contribution in [0.1, 0.15) is 12.5 Å². The Morgan fingerprint density at radius 1 is 1.47 bits per heavy atom. The lowest BCUT2D eigenvalue weighted by atomic mass is 10.2. The van der Waals surface area contributed by atoms with Gasteiger partial charge in [0.25, 0.3) is 0 Å². The minimum Gasteiger partial charge on any atom is -0.394 e. The van der Waals surface area contributed by atoms with Gasteiger partial charge < -0.3 is 5.11 Å². The quantitative estimate of drug-likeness (QED) is 0.752. The Balaban J connectivity index is 3.10. The van der Waals surface area contributed by atoms with Crippen LogP contribution in [0.5, 0.6) is 0 Å². The molecule has 0 heterocycles. The number of hydrogen-bond acceptors (Lipinski definition) is 3. The Hall–Kier alpha value is -1.35. The first-order chi connectivity index (χ1) is 8.05. The summed E-state index contributed by atoms with van der Waals surface area (Å²) in [6.45, 7) is 1.45. The molecule has 1 atom stereocenters. The number of benzene rings is 1. The summed E-state index contributed by atoms with van der Waals surface area (Å²) in [6.07, 6.45) is 5.71. The fourth-order valence-corrected chi connectivity index (χ4v) is 2.89. The average Bonchev–Trinajstić information content (AvgIpc) is 2.35. The van der Waals surface area contributed by atoms with Gasteiger partial charge in [-0.1, -0.05) is 31.0 Å². The van der Waals surface area contributed by atoms with Crippen LogP contribution in [0.4, 0.5) is 0 Å². The molecule has 0 radical (unpaired) electrons. The second-order valence-corrected chi connectivity index (χ2v) is 5.17. The van der Waals surface area contributed by atoms with E-state index >= 15 is 0 Å². The van der Waals surface area contributed by atoms with Crippen LogP contribution in [0.25, 0.3) is 0 Å². The summed E-state index contributed by atoms with van der Waals surface area (Å²) in [6, 6.07) is 5.80. The summed E-state index contributed by atoms with van der Waals surface area (Å²) in [5, 5.41) is 8.89. The fourth-order valence-electron chi connectivity index (χ4n) is 1.43. The Morgan fingerprint density at radius 2 is 2.12 bits per heavy atom. The molecule has 0 aliphatic carbocycles. The van der Waals surface area contributed by atoms with Crippen LogP contribution in [0.3, 0.4) is 0 Å². The van der Waals surface area contributed by atoms with Crippen molar-refractivity contribution in [2.24, 2.45) is 0 Å². The predicted molar refractivity (Wildman–Crippen MR) is 65.8 cm³/mol. The number of aliphatic hydroxyl groups excluding tert-OH is 1. The monoisotopic (exact) mass is 253 g/mol. The van der Waals surface area contributed by atoms with Crippen LogP contribution in [-0.4, -0.2) is 26.2 Å². The highest BCUT2D eigenvalue weighted by molar-refractivity contribution is 7.89. The van der Waals surface area contributed by atoms with Gasteiger partial charge in [0.15, 0.2) is 0 Å². The smallest absolute Gasteiger partial charge is 0.242 e. The van der Waals surface area contributed by atoms with Crippen LogP contribution in [-0.2, 0) is 16.4 Å². The first-order valence-electron chi connectivity index (χ1n) is 5.22. The van der Waals surface area contributed by atoms with Crippen LogP contribution in [0, 0.1) is 12.3 Å². The number of aryl methyl sites for hydroxylation is 1. The molecule has 5 heteroatoms. The molecule has 0 bridgehead atoms. The van der Waals surface area contributed by atoms with Gasteiger partial charge >= 0.3 is 0 Å². The topological polar surface area (TPSA) is 66.4 Å². The second kappa shape index (κ2) is 5.82. The van der Waals surface area contributed by atoms with Crippen molar-refractivity contribution >= 4 is 10.0 Å². The van der Waals surface area contributed by atoms with Gasteiger partial charge in [-0.25, -0.2) is 8.42 Å². The summed E-state index contributed by atoms with van der Waals surface area (Å²) in [4.78, 5) is 0.205. The highest BCUT2D eigenvalue weighted by Crippen LogP contribution is 2.15. The maximum Gasteiger partial charge on any atom is 0.242 e. The Morgan fingerprint density at radius 3 is 2.65 bits per heavy atom. The third-order valence-electron chi connectivity index (χ3n) is 2.32. The number of nitrogens with one attached hydrogen (secondary N) is 1. The van der Waals surface area contributed by atoms with Crippen molar-refractivity contribution in [1.82, 2.24) is 4.72 Å². The Labute approximate surface area is 102 Å². The maximum absolute atomic E-state index is 12.0. The Kier molecular flexibility index (Phi) is 4.70. The summed E-state index contributed by atoms with van der Waals surface area (Å²) >= 11 is 0. The number of aliphatic hydroxyl groups is 1. The zero-order chi connectivity index (χ0) is 12.9. The molecule has 0 saturated heterocycles. The summed E-state index contributed by atoms with van der Waals surface area (Å²) in [5.74, 6) is 2.17. The van der Waals surface area contributed by atoms with Crippen LogP contribution in [0.15, 0.2) is 29.2 Å². The van der Waals surface area contributed by atoms with E-state index in [0.717, 1.165) is 0 Å². The molecule has 0 aromatic heterocycles. The summed E-state index contributed by atoms with van der Waals surface area (Å²) < 4.78 is 26.3. The van der Waals surface area contributed by atoms with Crippen molar-refractivity contribution in [3.8, 4) is 12.3 Å². The molecular formula is C12H15NO3S. The van der Waals surface area contributed by atoms with Crippen molar-refractivity contribution in [1.29, 1.82) is 0 Å². The van der Waals surface area contributed by atoms with Crippen molar-refractivity contribution in [2.75, 3.05) is 6.61 Å². The molecule has 1 aromatic rings. The molecule has 0 spiro atoms. The van der Waals surface area contributed by atoms with Crippen LogP contribution in [0.2, 0.25) is 0 Å².